The lowest BCUT2D eigenvalue weighted by molar-refractivity contribution is -0.145. The van der Waals surface area contributed by atoms with Crippen LogP contribution in [0.5, 0.6) is 5.88 Å². The van der Waals surface area contributed by atoms with E-state index in [1.54, 1.807) is 19.2 Å². The van der Waals surface area contributed by atoms with Gasteiger partial charge in [-0.05, 0) is 37.3 Å². The van der Waals surface area contributed by atoms with Gasteiger partial charge in [0.25, 0.3) is 0 Å². The summed E-state index contributed by atoms with van der Waals surface area (Å²) in [4.78, 5) is 17.1. The van der Waals surface area contributed by atoms with E-state index in [0.29, 0.717) is 23.6 Å². The Morgan fingerprint density at radius 3 is 2.87 bits per heavy atom. The first kappa shape index (κ1) is 17.9. The smallest absolute Gasteiger partial charge is 0.248 e. The molecule has 1 heterocycles. The summed E-state index contributed by atoms with van der Waals surface area (Å²) in [6.45, 7) is 4.49. The van der Waals surface area contributed by atoms with E-state index in [1.807, 2.05) is 6.92 Å². The summed E-state index contributed by atoms with van der Waals surface area (Å²) < 4.78 is 5.46. The molecule has 1 aromatic rings. The van der Waals surface area contributed by atoms with Crippen molar-refractivity contribution in [2.24, 2.45) is 5.92 Å². The van der Waals surface area contributed by atoms with Crippen molar-refractivity contribution in [2.75, 3.05) is 13.7 Å². The van der Waals surface area contributed by atoms with Crippen molar-refractivity contribution in [3.63, 3.8) is 0 Å². The van der Waals surface area contributed by atoms with Gasteiger partial charge in [0.2, 0.25) is 11.8 Å². The van der Waals surface area contributed by atoms with Crippen LogP contribution in [0.1, 0.15) is 32.3 Å². The molecular formula is C15H21ClN4O2S. The van der Waals surface area contributed by atoms with Gasteiger partial charge in [0.1, 0.15) is 5.15 Å². The lowest BCUT2D eigenvalue weighted by atomic mass is 9.58. The molecule has 6 nitrogen and oxygen atoms in total. The first-order valence-electron chi connectivity index (χ1n) is 7.46. The van der Waals surface area contributed by atoms with Crippen molar-refractivity contribution in [3.05, 3.63) is 22.8 Å². The number of carbonyl (C=O) groups is 1. The number of pyridine rings is 1. The van der Waals surface area contributed by atoms with Crippen LogP contribution in [0.15, 0.2) is 12.1 Å². The fourth-order valence-electron chi connectivity index (χ4n) is 3.13. The second-order valence-corrected chi connectivity index (χ2v) is 6.41. The lowest BCUT2D eigenvalue weighted by Crippen LogP contribution is -2.58. The molecule has 0 atom stereocenters. The van der Waals surface area contributed by atoms with Crippen molar-refractivity contribution in [2.45, 2.75) is 32.1 Å². The predicted molar refractivity (Wildman–Crippen MR) is 93.2 cm³/mol. The Hall–Kier alpha value is -1.44. The van der Waals surface area contributed by atoms with E-state index in [1.165, 1.54) is 10.5 Å². The van der Waals surface area contributed by atoms with Crippen LogP contribution >= 0.6 is 23.8 Å². The average molecular weight is 357 g/mol. The monoisotopic (exact) mass is 356 g/mol. The van der Waals surface area contributed by atoms with Gasteiger partial charge in [-0.25, -0.2) is 4.98 Å². The number of nitrogens with zero attached hydrogens (tertiary/aromatic N) is 2. The van der Waals surface area contributed by atoms with E-state index in [2.05, 4.69) is 35.1 Å². The van der Waals surface area contributed by atoms with Gasteiger partial charge >= 0.3 is 0 Å². The number of aromatic nitrogens is 1. The number of amides is 1. The minimum atomic E-state index is -0.622. The molecule has 1 aromatic heterocycles. The topological polar surface area (TPSA) is 66.5 Å². The number of carbonyl (C=O) groups excluding carboxylic acids is 1. The maximum Gasteiger partial charge on any atom is 0.248 e. The molecule has 0 unspecified atom stereocenters. The summed E-state index contributed by atoms with van der Waals surface area (Å²) in [5, 5.41) is 1.73. The van der Waals surface area contributed by atoms with Crippen LogP contribution in [-0.2, 0) is 10.2 Å². The van der Waals surface area contributed by atoms with Crippen molar-refractivity contribution in [3.8, 4) is 5.88 Å². The third-order valence-electron chi connectivity index (χ3n) is 4.01. The van der Waals surface area contributed by atoms with Crippen molar-refractivity contribution in [1.82, 2.24) is 21.0 Å². The number of rotatable bonds is 7. The minimum absolute atomic E-state index is 0.0512. The zero-order valence-electron chi connectivity index (χ0n) is 13.4. The van der Waals surface area contributed by atoms with Crippen LogP contribution in [0.2, 0.25) is 5.15 Å². The second-order valence-electron chi connectivity index (χ2n) is 5.78. The SMILES string of the molecule is CCOc1cc(C2(C(=O)N(C)NNC=S)CC(C)C2)cc(Cl)n1. The van der Waals surface area contributed by atoms with E-state index in [-0.39, 0.29) is 5.91 Å². The number of thiocarbonyl (C=S) groups is 1. The number of likely N-dealkylation sites (N-methyl/N-ethyl adjacent to an activating group) is 1. The summed E-state index contributed by atoms with van der Waals surface area (Å²) in [5.41, 5.74) is 6.89. The zero-order valence-corrected chi connectivity index (χ0v) is 15.0. The number of ether oxygens (including phenoxy) is 1. The van der Waals surface area contributed by atoms with E-state index < -0.39 is 5.41 Å². The molecular weight excluding hydrogens is 336 g/mol. The van der Waals surface area contributed by atoms with Crippen LogP contribution < -0.4 is 15.7 Å². The summed E-state index contributed by atoms with van der Waals surface area (Å²) in [6.07, 6.45) is 1.50. The fourth-order valence-corrected chi connectivity index (χ4v) is 3.38. The Morgan fingerprint density at radius 2 is 2.30 bits per heavy atom. The number of hydrogen-bond donors (Lipinski definition) is 2. The Bertz CT molecular complexity index is 593. The highest BCUT2D eigenvalue weighted by molar-refractivity contribution is 7.78. The lowest BCUT2D eigenvalue weighted by Gasteiger charge is -2.47. The molecule has 0 radical (unpaired) electrons. The molecule has 1 amide bonds. The van der Waals surface area contributed by atoms with E-state index in [0.717, 1.165) is 18.4 Å². The van der Waals surface area contributed by atoms with E-state index >= 15 is 0 Å². The molecule has 8 heteroatoms. The zero-order chi connectivity index (χ0) is 17.0. The molecule has 0 bridgehead atoms. The highest BCUT2D eigenvalue weighted by atomic mass is 35.5. The maximum absolute atomic E-state index is 13.0. The second kappa shape index (κ2) is 7.42. The third-order valence-corrected chi connectivity index (χ3v) is 4.33. The van der Waals surface area contributed by atoms with Gasteiger partial charge in [0, 0.05) is 13.1 Å². The highest BCUT2D eigenvalue weighted by Gasteiger charge is 2.51. The summed E-state index contributed by atoms with van der Waals surface area (Å²) in [6, 6.07) is 3.55. The van der Waals surface area contributed by atoms with Gasteiger partial charge in [0.15, 0.2) is 0 Å². The Labute approximate surface area is 146 Å². The molecule has 1 aliphatic carbocycles. The van der Waals surface area contributed by atoms with Crippen molar-refractivity contribution < 1.29 is 9.53 Å². The van der Waals surface area contributed by atoms with Gasteiger partial charge in [-0.1, -0.05) is 30.7 Å². The number of hydrazine groups is 2. The standard InChI is InChI=1S/C15H21ClN4O2S/c1-4-22-13-6-11(5-12(16)18-13)15(7-10(2)8-15)14(21)20(3)19-17-9-23/h5-6,9-10,19H,4,7-8H2,1-3H3,(H,17,23). The Balaban J connectivity index is 2.34. The van der Waals surface area contributed by atoms with Crippen LogP contribution in [0.4, 0.5) is 0 Å². The molecule has 0 aromatic carbocycles. The molecule has 126 valence electrons. The third kappa shape index (κ3) is 3.73. The quantitative estimate of drug-likeness (QED) is 0.443. The van der Waals surface area contributed by atoms with Gasteiger partial charge < -0.3 is 10.2 Å². The van der Waals surface area contributed by atoms with Gasteiger partial charge in [-0.2, -0.15) is 0 Å². The molecule has 0 aliphatic heterocycles. The first-order chi connectivity index (χ1) is 10.9. The fraction of sp³-hybridized carbons (Fsp3) is 0.533. The van der Waals surface area contributed by atoms with Crippen LogP contribution in [0.3, 0.4) is 0 Å². The maximum atomic E-state index is 13.0. The van der Waals surface area contributed by atoms with Gasteiger partial charge in [-0.3, -0.25) is 9.80 Å². The largest absolute Gasteiger partial charge is 0.478 e. The van der Waals surface area contributed by atoms with Crippen LogP contribution in [-0.4, -0.2) is 35.0 Å². The normalized spacial score (nSPS) is 22.9. The Morgan fingerprint density at radius 1 is 1.61 bits per heavy atom. The summed E-state index contributed by atoms with van der Waals surface area (Å²) >= 11 is 10.8. The van der Waals surface area contributed by atoms with Crippen molar-refractivity contribution >= 4 is 35.2 Å². The molecule has 23 heavy (non-hydrogen) atoms. The first-order valence-corrected chi connectivity index (χ1v) is 8.31. The number of hydrogen-bond acceptors (Lipinski definition) is 5. The van der Waals surface area contributed by atoms with Crippen molar-refractivity contribution in [1.29, 1.82) is 0 Å². The van der Waals surface area contributed by atoms with E-state index in [9.17, 15) is 4.79 Å². The minimum Gasteiger partial charge on any atom is -0.478 e. The molecule has 0 spiro atoms. The van der Waals surface area contributed by atoms with Crippen LogP contribution in [0, 0.1) is 5.92 Å². The van der Waals surface area contributed by atoms with Crippen LogP contribution in [0.25, 0.3) is 0 Å². The highest BCUT2D eigenvalue weighted by Crippen LogP contribution is 2.49. The molecule has 1 saturated carbocycles. The number of halogens is 1. The summed E-state index contributed by atoms with van der Waals surface area (Å²) in [5.74, 6) is 0.854. The van der Waals surface area contributed by atoms with Gasteiger partial charge in [0.05, 0.1) is 17.5 Å². The van der Waals surface area contributed by atoms with E-state index in [4.69, 9.17) is 16.3 Å². The molecule has 0 saturated heterocycles. The average Bonchev–Trinajstić information content (AvgIpc) is 2.48. The summed E-state index contributed by atoms with van der Waals surface area (Å²) in [7, 11) is 1.66. The molecule has 1 aliphatic rings. The number of nitrogens with one attached hydrogen (secondary N) is 2. The predicted octanol–water partition coefficient (Wildman–Crippen LogP) is 2.23. The Kier molecular flexibility index (Phi) is 5.78. The molecule has 1 fully saturated rings. The molecule has 2 rings (SSSR count). The van der Waals surface area contributed by atoms with Gasteiger partial charge in [-0.15, -0.1) is 5.53 Å². The molecule has 2 N–H and O–H groups in total.